The Kier molecular flexibility index (Phi) is 5.18. The van der Waals surface area contributed by atoms with Gasteiger partial charge in [0.15, 0.2) is 0 Å². The first-order chi connectivity index (χ1) is 9.72. The third kappa shape index (κ3) is 3.61. The number of para-hydroxylation sites is 1. The van der Waals surface area contributed by atoms with Gasteiger partial charge in [0.05, 0.1) is 6.61 Å². The summed E-state index contributed by atoms with van der Waals surface area (Å²) in [6, 6.07) is 6.28. The summed E-state index contributed by atoms with van der Waals surface area (Å²) in [5, 5.41) is 3.35. The molecule has 108 valence electrons. The summed E-state index contributed by atoms with van der Waals surface area (Å²) < 4.78 is 8.03. The highest BCUT2D eigenvalue weighted by molar-refractivity contribution is 5.40. The summed E-state index contributed by atoms with van der Waals surface area (Å²) in [6.07, 6.45) is 4.60. The highest BCUT2D eigenvalue weighted by atomic mass is 16.5. The number of aromatic nitrogens is 2. The fraction of sp³-hybridized carbons (Fsp3) is 0.438. The van der Waals surface area contributed by atoms with Crippen LogP contribution in [0.2, 0.25) is 0 Å². The topological polar surface area (TPSA) is 39.1 Å². The molecule has 1 heterocycles. The zero-order valence-corrected chi connectivity index (χ0v) is 12.5. The van der Waals surface area contributed by atoms with Crippen LogP contribution in [0.3, 0.4) is 0 Å². The molecule has 0 atom stereocenters. The molecule has 0 amide bonds. The first-order valence-corrected chi connectivity index (χ1v) is 7.10. The second kappa shape index (κ2) is 7.10. The molecular formula is C16H23N3O. The summed E-state index contributed by atoms with van der Waals surface area (Å²) in [5.74, 6) is 2.05. The molecule has 0 bridgehead atoms. The maximum absolute atomic E-state index is 6.00. The van der Waals surface area contributed by atoms with Crippen molar-refractivity contribution in [3.63, 3.8) is 0 Å². The molecule has 4 heteroatoms. The molecule has 0 fully saturated rings. The molecule has 0 radical (unpaired) electrons. The van der Waals surface area contributed by atoms with Gasteiger partial charge in [-0.05, 0) is 19.0 Å². The number of hydrogen-bond donors (Lipinski definition) is 1. The standard InChI is InChI=1S/C16H23N3O/c1-4-17-12-14-7-5-6-13(2)16(14)20-11-8-15-18-9-10-19(15)3/h5-7,9-10,17H,4,8,11-12H2,1-3H3. The van der Waals surface area contributed by atoms with Crippen LogP contribution >= 0.6 is 0 Å². The van der Waals surface area contributed by atoms with Crippen LogP contribution in [0, 0.1) is 6.92 Å². The van der Waals surface area contributed by atoms with E-state index in [1.807, 2.05) is 24.0 Å². The quantitative estimate of drug-likeness (QED) is 0.842. The Hall–Kier alpha value is -1.81. The normalized spacial score (nSPS) is 10.8. The van der Waals surface area contributed by atoms with E-state index in [-0.39, 0.29) is 0 Å². The molecule has 0 saturated heterocycles. The summed E-state index contributed by atoms with van der Waals surface area (Å²) in [7, 11) is 2.01. The van der Waals surface area contributed by atoms with Gasteiger partial charge in [-0.2, -0.15) is 0 Å². The van der Waals surface area contributed by atoms with E-state index in [1.165, 1.54) is 11.1 Å². The highest BCUT2D eigenvalue weighted by Crippen LogP contribution is 2.23. The van der Waals surface area contributed by atoms with E-state index in [0.29, 0.717) is 6.61 Å². The van der Waals surface area contributed by atoms with Crippen molar-refractivity contribution in [2.45, 2.75) is 26.8 Å². The molecule has 1 aromatic heterocycles. The number of aryl methyl sites for hydroxylation is 2. The second-order valence-corrected chi connectivity index (χ2v) is 4.90. The summed E-state index contributed by atoms with van der Waals surface area (Å²) >= 11 is 0. The molecule has 0 saturated carbocycles. The lowest BCUT2D eigenvalue weighted by Gasteiger charge is -2.14. The lowest BCUT2D eigenvalue weighted by atomic mass is 10.1. The summed E-state index contributed by atoms with van der Waals surface area (Å²) in [4.78, 5) is 4.31. The molecule has 20 heavy (non-hydrogen) atoms. The molecular weight excluding hydrogens is 250 g/mol. The van der Waals surface area contributed by atoms with Crippen molar-refractivity contribution in [2.75, 3.05) is 13.2 Å². The number of ether oxygens (including phenoxy) is 1. The molecule has 1 N–H and O–H groups in total. The Labute approximate surface area is 120 Å². The minimum Gasteiger partial charge on any atom is -0.493 e. The van der Waals surface area contributed by atoms with Crippen LogP contribution in [-0.2, 0) is 20.0 Å². The Morgan fingerprint density at radius 1 is 1.35 bits per heavy atom. The van der Waals surface area contributed by atoms with Crippen molar-refractivity contribution in [3.05, 3.63) is 47.5 Å². The zero-order chi connectivity index (χ0) is 14.4. The van der Waals surface area contributed by atoms with Crippen LogP contribution < -0.4 is 10.1 Å². The maximum Gasteiger partial charge on any atom is 0.126 e. The highest BCUT2D eigenvalue weighted by Gasteiger charge is 2.07. The van der Waals surface area contributed by atoms with Crippen LogP contribution in [0.5, 0.6) is 5.75 Å². The molecule has 1 aromatic carbocycles. The van der Waals surface area contributed by atoms with E-state index >= 15 is 0 Å². The minimum atomic E-state index is 0.648. The van der Waals surface area contributed by atoms with E-state index in [0.717, 1.165) is 31.1 Å². The van der Waals surface area contributed by atoms with Crippen molar-refractivity contribution < 1.29 is 4.74 Å². The van der Waals surface area contributed by atoms with Gasteiger partial charge in [-0.25, -0.2) is 4.98 Å². The third-order valence-corrected chi connectivity index (χ3v) is 3.35. The van der Waals surface area contributed by atoms with Crippen LogP contribution in [-0.4, -0.2) is 22.7 Å². The number of nitrogens with one attached hydrogen (secondary N) is 1. The van der Waals surface area contributed by atoms with E-state index in [9.17, 15) is 0 Å². The van der Waals surface area contributed by atoms with E-state index in [1.54, 1.807) is 0 Å². The predicted octanol–water partition coefficient (Wildman–Crippen LogP) is 2.46. The van der Waals surface area contributed by atoms with Crippen molar-refractivity contribution >= 4 is 0 Å². The second-order valence-electron chi connectivity index (χ2n) is 4.90. The van der Waals surface area contributed by atoms with Gasteiger partial charge in [0.1, 0.15) is 11.6 Å². The fourth-order valence-electron chi connectivity index (χ4n) is 2.20. The molecule has 2 aromatic rings. The van der Waals surface area contributed by atoms with Gasteiger partial charge in [-0.15, -0.1) is 0 Å². The van der Waals surface area contributed by atoms with Gasteiger partial charge in [-0.1, -0.05) is 25.1 Å². The molecule has 0 aliphatic rings. The number of nitrogens with zero attached hydrogens (tertiary/aromatic N) is 2. The third-order valence-electron chi connectivity index (χ3n) is 3.35. The van der Waals surface area contributed by atoms with Gasteiger partial charge < -0.3 is 14.6 Å². The number of rotatable bonds is 7. The number of hydrogen-bond acceptors (Lipinski definition) is 3. The average molecular weight is 273 g/mol. The molecule has 0 unspecified atom stereocenters. The molecule has 4 nitrogen and oxygen atoms in total. The Morgan fingerprint density at radius 2 is 2.20 bits per heavy atom. The zero-order valence-electron chi connectivity index (χ0n) is 12.5. The Balaban J connectivity index is 1.99. The largest absolute Gasteiger partial charge is 0.493 e. The lowest BCUT2D eigenvalue weighted by molar-refractivity contribution is 0.311. The van der Waals surface area contributed by atoms with Gasteiger partial charge >= 0.3 is 0 Å². The lowest BCUT2D eigenvalue weighted by Crippen LogP contribution is -2.14. The smallest absolute Gasteiger partial charge is 0.126 e. The molecule has 0 spiro atoms. The van der Waals surface area contributed by atoms with E-state index in [2.05, 4.69) is 42.3 Å². The van der Waals surface area contributed by atoms with Gasteiger partial charge in [0.25, 0.3) is 0 Å². The van der Waals surface area contributed by atoms with E-state index in [4.69, 9.17) is 4.74 Å². The minimum absolute atomic E-state index is 0.648. The van der Waals surface area contributed by atoms with Crippen LogP contribution in [0.4, 0.5) is 0 Å². The van der Waals surface area contributed by atoms with Gasteiger partial charge in [-0.3, -0.25) is 0 Å². The SMILES string of the molecule is CCNCc1cccc(C)c1OCCc1nccn1C. The van der Waals surface area contributed by atoms with Gasteiger partial charge in [0.2, 0.25) is 0 Å². The first kappa shape index (κ1) is 14.6. The van der Waals surface area contributed by atoms with Crippen molar-refractivity contribution in [1.82, 2.24) is 14.9 Å². The molecule has 2 rings (SSSR count). The first-order valence-electron chi connectivity index (χ1n) is 7.10. The van der Waals surface area contributed by atoms with Crippen molar-refractivity contribution in [3.8, 4) is 5.75 Å². The fourth-order valence-corrected chi connectivity index (χ4v) is 2.20. The predicted molar refractivity (Wildman–Crippen MR) is 81.0 cm³/mol. The Bertz CT molecular complexity index is 548. The van der Waals surface area contributed by atoms with Gasteiger partial charge in [0, 0.05) is 38.0 Å². The molecule has 0 aliphatic carbocycles. The van der Waals surface area contributed by atoms with E-state index < -0.39 is 0 Å². The maximum atomic E-state index is 6.00. The molecule has 0 aliphatic heterocycles. The van der Waals surface area contributed by atoms with Crippen molar-refractivity contribution in [1.29, 1.82) is 0 Å². The summed E-state index contributed by atoms with van der Waals surface area (Å²) in [6.45, 7) is 6.65. The van der Waals surface area contributed by atoms with Crippen LogP contribution in [0.15, 0.2) is 30.6 Å². The number of benzene rings is 1. The Morgan fingerprint density at radius 3 is 2.90 bits per heavy atom. The van der Waals surface area contributed by atoms with Crippen molar-refractivity contribution in [2.24, 2.45) is 7.05 Å². The van der Waals surface area contributed by atoms with Crippen LogP contribution in [0.1, 0.15) is 23.9 Å². The van der Waals surface area contributed by atoms with Crippen LogP contribution in [0.25, 0.3) is 0 Å². The number of imidazole rings is 1. The summed E-state index contributed by atoms with van der Waals surface area (Å²) in [5.41, 5.74) is 2.40. The average Bonchev–Trinajstić information content (AvgIpc) is 2.84. The monoisotopic (exact) mass is 273 g/mol.